The minimum absolute atomic E-state index is 0.0789. The standard InChI is InChI=1S/C17H18N2O/c1-3-8-16-14(12-18)15(19-4-2)11-17(20-16)13-9-6-5-7-10-13/h3,5-10,17H,4,11H2,1-2H3/b8-3+,19-15?. The predicted octanol–water partition coefficient (Wildman–Crippen LogP) is 3.96. The number of hydrogen-bond donors (Lipinski definition) is 0. The molecule has 1 aromatic carbocycles. The largest absolute Gasteiger partial charge is 0.484 e. The molecule has 1 aliphatic rings. The van der Waals surface area contributed by atoms with Gasteiger partial charge in [-0.05, 0) is 25.5 Å². The molecule has 0 aromatic heterocycles. The van der Waals surface area contributed by atoms with Crippen molar-refractivity contribution >= 4 is 5.71 Å². The van der Waals surface area contributed by atoms with Gasteiger partial charge in [-0.2, -0.15) is 5.26 Å². The van der Waals surface area contributed by atoms with Crippen molar-refractivity contribution in [2.45, 2.75) is 26.4 Å². The van der Waals surface area contributed by atoms with E-state index in [2.05, 4.69) is 11.1 Å². The second kappa shape index (κ2) is 6.72. The topological polar surface area (TPSA) is 45.4 Å². The summed E-state index contributed by atoms with van der Waals surface area (Å²) in [7, 11) is 0. The van der Waals surface area contributed by atoms with E-state index in [1.54, 1.807) is 0 Å². The van der Waals surface area contributed by atoms with Gasteiger partial charge in [0.2, 0.25) is 0 Å². The van der Waals surface area contributed by atoms with Crippen molar-refractivity contribution < 1.29 is 4.74 Å². The van der Waals surface area contributed by atoms with Crippen LogP contribution in [0, 0.1) is 11.3 Å². The molecular weight excluding hydrogens is 248 g/mol. The third-order valence-corrected chi connectivity index (χ3v) is 3.13. The first kappa shape index (κ1) is 14.1. The molecule has 3 nitrogen and oxygen atoms in total. The van der Waals surface area contributed by atoms with E-state index < -0.39 is 0 Å². The highest BCUT2D eigenvalue weighted by Crippen LogP contribution is 2.32. The van der Waals surface area contributed by atoms with Crippen LogP contribution in [0.3, 0.4) is 0 Å². The Labute approximate surface area is 119 Å². The zero-order chi connectivity index (χ0) is 14.4. The summed E-state index contributed by atoms with van der Waals surface area (Å²) in [6.45, 7) is 4.56. The second-order valence-electron chi connectivity index (χ2n) is 4.49. The number of nitriles is 1. The van der Waals surface area contributed by atoms with Gasteiger partial charge in [-0.3, -0.25) is 4.99 Å². The molecule has 0 N–H and O–H groups in total. The van der Waals surface area contributed by atoms with Crippen LogP contribution in [0.25, 0.3) is 0 Å². The molecule has 20 heavy (non-hydrogen) atoms. The van der Waals surface area contributed by atoms with Gasteiger partial charge in [-0.25, -0.2) is 0 Å². The molecule has 0 fully saturated rings. The van der Waals surface area contributed by atoms with Crippen LogP contribution in [0.15, 0.2) is 58.8 Å². The quantitative estimate of drug-likeness (QED) is 0.831. The normalized spacial score (nSPS) is 21.1. The van der Waals surface area contributed by atoms with E-state index in [1.165, 1.54) is 0 Å². The summed E-state index contributed by atoms with van der Waals surface area (Å²) in [5, 5.41) is 9.34. The molecule has 1 unspecified atom stereocenters. The van der Waals surface area contributed by atoms with E-state index in [-0.39, 0.29) is 6.10 Å². The lowest BCUT2D eigenvalue weighted by atomic mass is 9.96. The highest BCUT2D eigenvalue weighted by atomic mass is 16.5. The fourth-order valence-corrected chi connectivity index (χ4v) is 2.26. The van der Waals surface area contributed by atoms with Gasteiger partial charge in [0.15, 0.2) is 0 Å². The summed E-state index contributed by atoms with van der Waals surface area (Å²) in [4.78, 5) is 4.47. The lowest BCUT2D eigenvalue weighted by Crippen LogP contribution is -2.20. The molecule has 0 radical (unpaired) electrons. The molecule has 0 aliphatic carbocycles. The molecule has 102 valence electrons. The molecule has 1 heterocycles. The maximum Gasteiger partial charge on any atom is 0.139 e. The van der Waals surface area contributed by atoms with Crippen LogP contribution >= 0.6 is 0 Å². The molecule has 0 spiro atoms. The maximum atomic E-state index is 9.34. The van der Waals surface area contributed by atoms with E-state index in [0.29, 0.717) is 24.3 Å². The van der Waals surface area contributed by atoms with Crippen LogP contribution < -0.4 is 0 Å². The van der Waals surface area contributed by atoms with Crippen LogP contribution in [0.5, 0.6) is 0 Å². The molecule has 1 atom stereocenters. The van der Waals surface area contributed by atoms with Crippen LogP contribution in [-0.4, -0.2) is 12.3 Å². The molecule has 0 amide bonds. The first-order chi connectivity index (χ1) is 9.80. The Bertz CT molecular complexity index is 591. The SMILES string of the molecule is C/C=C/C1=C(C#N)C(=NCC)CC(c2ccccc2)O1. The average Bonchev–Trinajstić information content (AvgIpc) is 2.48. The Hall–Kier alpha value is -2.34. The van der Waals surface area contributed by atoms with Crippen molar-refractivity contribution in [1.29, 1.82) is 5.26 Å². The van der Waals surface area contributed by atoms with Crippen molar-refractivity contribution in [1.82, 2.24) is 0 Å². The minimum Gasteiger partial charge on any atom is -0.484 e. The van der Waals surface area contributed by atoms with Gasteiger partial charge in [-0.15, -0.1) is 0 Å². The lowest BCUT2D eigenvalue weighted by molar-refractivity contribution is 0.125. The van der Waals surface area contributed by atoms with E-state index in [4.69, 9.17) is 4.74 Å². The van der Waals surface area contributed by atoms with E-state index in [0.717, 1.165) is 11.3 Å². The third-order valence-electron chi connectivity index (χ3n) is 3.13. The summed E-state index contributed by atoms with van der Waals surface area (Å²) < 4.78 is 5.98. The third kappa shape index (κ3) is 2.97. The number of hydrogen-bond acceptors (Lipinski definition) is 3. The highest BCUT2D eigenvalue weighted by Gasteiger charge is 2.27. The summed E-state index contributed by atoms with van der Waals surface area (Å²) >= 11 is 0. The molecule has 0 bridgehead atoms. The van der Waals surface area contributed by atoms with Crippen molar-refractivity contribution in [2.75, 3.05) is 6.54 Å². The Kier molecular flexibility index (Phi) is 4.73. The zero-order valence-corrected chi connectivity index (χ0v) is 11.8. The van der Waals surface area contributed by atoms with Gasteiger partial charge >= 0.3 is 0 Å². The second-order valence-corrected chi connectivity index (χ2v) is 4.49. The van der Waals surface area contributed by atoms with Gasteiger partial charge in [-0.1, -0.05) is 36.4 Å². The summed E-state index contributed by atoms with van der Waals surface area (Å²) in [5.74, 6) is 0.613. The lowest BCUT2D eigenvalue weighted by Gasteiger charge is -2.26. The molecule has 1 aromatic rings. The van der Waals surface area contributed by atoms with Gasteiger partial charge in [0.05, 0.1) is 5.71 Å². The van der Waals surface area contributed by atoms with Crippen molar-refractivity contribution in [3.05, 3.63) is 59.4 Å². The van der Waals surface area contributed by atoms with Crippen molar-refractivity contribution in [2.24, 2.45) is 4.99 Å². The maximum absolute atomic E-state index is 9.34. The fourth-order valence-electron chi connectivity index (χ4n) is 2.26. The van der Waals surface area contributed by atoms with Gasteiger partial charge < -0.3 is 4.74 Å². The van der Waals surface area contributed by atoms with Crippen molar-refractivity contribution in [3.8, 4) is 6.07 Å². The van der Waals surface area contributed by atoms with E-state index >= 15 is 0 Å². The highest BCUT2D eigenvalue weighted by molar-refractivity contribution is 6.05. The zero-order valence-electron chi connectivity index (χ0n) is 11.8. The number of nitrogens with zero attached hydrogens (tertiary/aromatic N) is 2. The molecule has 2 rings (SSSR count). The molecular formula is C17H18N2O. The summed E-state index contributed by atoms with van der Waals surface area (Å²) in [6.07, 6.45) is 4.27. The van der Waals surface area contributed by atoms with Crippen LogP contribution in [-0.2, 0) is 4.74 Å². The van der Waals surface area contributed by atoms with E-state index in [1.807, 2.05) is 56.3 Å². The Morgan fingerprint density at radius 1 is 1.40 bits per heavy atom. The summed E-state index contributed by atoms with van der Waals surface area (Å²) in [5.41, 5.74) is 2.50. The first-order valence-corrected chi connectivity index (χ1v) is 6.82. The van der Waals surface area contributed by atoms with Crippen LogP contribution in [0.1, 0.15) is 31.9 Å². The monoisotopic (exact) mass is 266 g/mol. The Morgan fingerprint density at radius 3 is 2.75 bits per heavy atom. The number of ether oxygens (including phenoxy) is 1. The molecule has 1 aliphatic heterocycles. The van der Waals surface area contributed by atoms with Gasteiger partial charge in [0.25, 0.3) is 0 Å². The number of aliphatic imine (C=N–C) groups is 1. The summed E-state index contributed by atoms with van der Waals surface area (Å²) in [6, 6.07) is 12.3. The van der Waals surface area contributed by atoms with Crippen LogP contribution in [0.2, 0.25) is 0 Å². The van der Waals surface area contributed by atoms with Crippen molar-refractivity contribution in [3.63, 3.8) is 0 Å². The van der Waals surface area contributed by atoms with Gasteiger partial charge in [0.1, 0.15) is 23.5 Å². The Morgan fingerprint density at radius 2 is 2.15 bits per heavy atom. The Balaban J connectivity index is 2.42. The first-order valence-electron chi connectivity index (χ1n) is 6.82. The van der Waals surface area contributed by atoms with Gasteiger partial charge in [0, 0.05) is 13.0 Å². The molecule has 0 saturated heterocycles. The average molecular weight is 266 g/mol. The fraction of sp³-hybridized carbons (Fsp3) is 0.294. The number of rotatable bonds is 3. The minimum atomic E-state index is -0.0789. The molecule has 0 saturated carbocycles. The predicted molar refractivity (Wildman–Crippen MR) is 80.3 cm³/mol. The number of allylic oxidation sites excluding steroid dienone is 3. The molecule has 3 heteroatoms. The number of benzene rings is 1. The van der Waals surface area contributed by atoms with E-state index in [9.17, 15) is 5.26 Å². The van der Waals surface area contributed by atoms with Crippen LogP contribution in [0.4, 0.5) is 0 Å². The smallest absolute Gasteiger partial charge is 0.139 e.